The van der Waals surface area contributed by atoms with Crippen molar-refractivity contribution in [1.82, 2.24) is 0 Å². The van der Waals surface area contributed by atoms with Gasteiger partial charge in [0.05, 0.1) is 18.2 Å². The van der Waals surface area contributed by atoms with Crippen molar-refractivity contribution < 1.29 is 4.74 Å². The number of halogens is 2. The van der Waals surface area contributed by atoms with Crippen LogP contribution in [0.25, 0.3) is 0 Å². The van der Waals surface area contributed by atoms with E-state index in [0.29, 0.717) is 24.0 Å². The Bertz CT molecular complexity index is 368. The van der Waals surface area contributed by atoms with Gasteiger partial charge in [-0.3, -0.25) is 4.99 Å². The molecule has 0 aliphatic heterocycles. The van der Waals surface area contributed by atoms with Crippen molar-refractivity contribution in [3.8, 4) is 0 Å². The van der Waals surface area contributed by atoms with E-state index < -0.39 is 0 Å². The fourth-order valence-electron chi connectivity index (χ4n) is 1.00. The SMILES string of the molecule is COCCN=C(N)c1ccc(Cl)c(Br)c1. The Hall–Kier alpha value is -0.580. The lowest BCUT2D eigenvalue weighted by atomic mass is 10.2. The van der Waals surface area contributed by atoms with E-state index in [9.17, 15) is 0 Å². The highest BCUT2D eigenvalue weighted by Crippen LogP contribution is 2.22. The molecule has 1 aromatic rings. The zero-order valence-corrected chi connectivity index (χ0v) is 10.7. The van der Waals surface area contributed by atoms with E-state index >= 15 is 0 Å². The van der Waals surface area contributed by atoms with Crippen LogP contribution in [-0.2, 0) is 4.74 Å². The highest BCUT2D eigenvalue weighted by Gasteiger charge is 2.01. The second-order valence-corrected chi connectivity index (χ2v) is 4.15. The molecule has 3 nitrogen and oxygen atoms in total. The van der Waals surface area contributed by atoms with Crippen LogP contribution in [0.4, 0.5) is 0 Å². The van der Waals surface area contributed by atoms with Crippen molar-refractivity contribution in [2.45, 2.75) is 0 Å². The molecule has 1 rings (SSSR count). The number of ether oxygens (including phenoxy) is 1. The first-order valence-corrected chi connectivity index (χ1v) is 5.56. The van der Waals surface area contributed by atoms with Gasteiger partial charge in [-0.15, -0.1) is 0 Å². The topological polar surface area (TPSA) is 47.6 Å². The van der Waals surface area contributed by atoms with E-state index in [2.05, 4.69) is 20.9 Å². The van der Waals surface area contributed by atoms with Crippen LogP contribution in [0.2, 0.25) is 5.02 Å². The predicted octanol–water partition coefficient (Wildman–Crippen LogP) is 2.45. The van der Waals surface area contributed by atoms with Crippen molar-refractivity contribution in [3.05, 3.63) is 33.3 Å². The quantitative estimate of drug-likeness (QED) is 0.526. The van der Waals surface area contributed by atoms with Crippen LogP contribution in [0.15, 0.2) is 27.7 Å². The Morgan fingerprint density at radius 2 is 2.33 bits per heavy atom. The van der Waals surface area contributed by atoms with Crippen molar-refractivity contribution >= 4 is 33.4 Å². The van der Waals surface area contributed by atoms with Crippen LogP contribution in [0.5, 0.6) is 0 Å². The summed E-state index contributed by atoms with van der Waals surface area (Å²) >= 11 is 9.19. The summed E-state index contributed by atoms with van der Waals surface area (Å²) in [5.41, 5.74) is 6.63. The Morgan fingerprint density at radius 3 is 2.93 bits per heavy atom. The fourth-order valence-corrected chi connectivity index (χ4v) is 1.50. The van der Waals surface area contributed by atoms with Crippen molar-refractivity contribution in [1.29, 1.82) is 0 Å². The summed E-state index contributed by atoms with van der Waals surface area (Å²) in [6.45, 7) is 1.12. The summed E-state index contributed by atoms with van der Waals surface area (Å²) in [4.78, 5) is 4.16. The lowest BCUT2D eigenvalue weighted by Gasteiger charge is -2.03. The standard InChI is InChI=1S/C10H12BrClN2O/c1-15-5-4-14-10(13)7-2-3-9(12)8(11)6-7/h2-3,6H,4-5H2,1H3,(H2,13,14). The van der Waals surface area contributed by atoms with E-state index in [4.69, 9.17) is 22.1 Å². The van der Waals surface area contributed by atoms with Crippen LogP contribution >= 0.6 is 27.5 Å². The Balaban J connectivity index is 2.77. The van der Waals surface area contributed by atoms with Gasteiger partial charge in [-0.2, -0.15) is 0 Å². The second-order valence-electron chi connectivity index (χ2n) is 2.89. The summed E-state index contributed by atoms with van der Waals surface area (Å²) in [6.07, 6.45) is 0. The summed E-state index contributed by atoms with van der Waals surface area (Å²) < 4.78 is 5.69. The van der Waals surface area contributed by atoms with Crippen molar-refractivity contribution in [3.63, 3.8) is 0 Å². The molecule has 0 unspecified atom stereocenters. The van der Waals surface area contributed by atoms with Gasteiger partial charge >= 0.3 is 0 Å². The van der Waals surface area contributed by atoms with Gasteiger partial charge in [0.15, 0.2) is 0 Å². The number of methoxy groups -OCH3 is 1. The number of amidine groups is 1. The average Bonchev–Trinajstić information content (AvgIpc) is 2.22. The Morgan fingerprint density at radius 1 is 1.60 bits per heavy atom. The Kier molecular flexibility index (Phi) is 5.08. The number of benzene rings is 1. The molecule has 0 saturated heterocycles. The first-order chi connectivity index (χ1) is 7.15. The molecule has 0 amide bonds. The molecule has 0 bridgehead atoms. The minimum Gasteiger partial charge on any atom is -0.384 e. The van der Waals surface area contributed by atoms with E-state index in [1.807, 2.05) is 12.1 Å². The Labute approximate surface area is 102 Å². The largest absolute Gasteiger partial charge is 0.384 e. The molecule has 5 heteroatoms. The van der Waals surface area contributed by atoms with Crippen molar-refractivity contribution in [2.75, 3.05) is 20.3 Å². The third kappa shape index (κ3) is 3.81. The number of nitrogens with two attached hydrogens (primary N) is 1. The van der Waals surface area contributed by atoms with Crippen LogP contribution in [-0.4, -0.2) is 26.1 Å². The van der Waals surface area contributed by atoms with Gasteiger partial charge in [-0.1, -0.05) is 11.6 Å². The van der Waals surface area contributed by atoms with Crippen molar-refractivity contribution in [2.24, 2.45) is 10.7 Å². The summed E-state index contributed by atoms with van der Waals surface area (Å²) in [7, 11) is 1.63. The number of rotatable bonds is 4. The third-order valence-electron chi connectivity index (χ3n) is 1.79. The molecule has 0 fully saturated rings. The number of nitrogens with zero attached hydrogens (tertiary/aromatic N) is 1. The van der Waals surface area contributed by atoms with E-state index in [-0.39, 0.29) is 0 Å². The zero-order valence-electron chi connectivity index (χ0n) is 8.34. The molecule has 1 aromatic carbocycles. The molecule has 0 aliphatic rings. The normalized spacial score (nSPS) is 11.8. The van der Waals surface area contributed by atoms with Crippen LogP contribution in [0, 0.1) is 0 Å². The third-order valence-corrected chi connectivity index (χ3v) is 3.01. The molecular weight excluding hydrogens is 279 g/mol. The molecule has 0 saturated carbocycles. The van der Waals surface area contributed by atoms with E-state index in [1.165, 1.54) is 0 Å². The van der Waals surface area contributed by atoms with E-state index in [1.54, 1.807) is 13.2 Å². The maximum atomic E-state index is 5.86. The molecule has 15 heavy (non-hydrogen) atoms. The van der Waals surface area contributed by atoms with Crippen LogP contribution < -0.4 is 5.73 Å². The molecular formula is C10H12BrClN2O. The highest BCUT2D eigenvalue weighted by atomic mass is 79.9. The molecule has 2 N–H and O–H groups in total. The van der Waals surface area contributed by atoms with Gasteiger partial charge in [0, 0.05) is 17.1 Å². The molecule has 0 radical (unpaired) electrons. The molecule has 0 atom stereocenters. The lowest BCUT2D eigenvalue weighted by molar-refractivity contribution is 0.208. The first kappa shape index (κ1) is 12.5. The molecule has 82 valence electrons. The van der Waals surface area contributed by atoms with Gasteiger partial charge in [0.1, 0.15) is 5.84 Å². The van der Waals surface area contributed by atoms with Gasteiger partial charge in [0.2, 0.25) is 0 Å². The van der Waals surface area contributed by atoms with E-state index in [0.717, 1.165) is 10.0 Å². The smallest absolute Gasteiger partial charge is 0.125 e. The summed E-state index contributed by atoms with van der Waals surface area (Å²) in [5, 5.41) is 0.656. The summed E-state index contributed by atoms with van der Waals surface area (Å²) in [5.74, 6) is 0.490. The molecule has 0 aromatic heterocycles. The van der Waals surface area contributed by atoms with Crippen LogP contribution in [0.3, 0.4) is 0 Å². The monoisotopic (exact) mass is 290 g/mol. The minimum absolute atomic E-state index is 0.490. The molecule has 0 aliphatic carbocycles. The minimum atomic E-state index is 0.490. The van der Waals surface area contributed by atoms with Gasteiger partial charge in [-0.25, -0.2) is 0 Å². The zero-order chi connectivity index (χ0) is 11.3. The lowest BCUT2D eigenvalue weighted by Crippen LogP contribution is -2.14. The van der Waals surface area contributed by atoms with Gasteiger partial charge < -0.3 is 10.5 Å². The van der Waals surface area contributed by atoms with Gasteiger partial charge in [-0.05, 0) is 34.1 Å². The fraction of sp³-hybridized carbons (Fsp3) is 0.300. The number of hydrogen-bond acceptors (Lipinski definition) is 2. The molecule has 0 spiro atoms. The maximum absolute atomic E-state index is 5.86. The molecule has 0 heterocycles. The number of hydrogen-bond donors (Lipinski definition) is 1. The maximum Gasteiger partial charge on any atom is 0.125 e. The van der Waals surface area contributed by atoms with Gasteiger partial charge in [0.25, 0.3) is 0 Å². The second kappa shape index (κ2) is 6.10. The highest BCUT2D eigenvalue weighted by molar-refractivity contribution is 9.10. The average molecular weight is 292 g/mol. The number of aliphatic imine (C=N–C) groups is 1. The predicted molar refractivity (Wildman–Crippen MR) is 66.6 cm³/mol. The first-order valence-electron chi connectivity index (χ1n) is 4.39. The summed E-state index contributed by atoms with van der Waals surface area (Å²) in [6, 6.07) is 5.45. The van der Waals surface area contributed by atoms with Crippen LogP contribution in [0.1, 0.15) is 5.56 Å².